The van der Waals surface area contributed by atoms with Gasteiger partial charge >= 0.3 is 0 Å². The third-order valence-corrected chi connectivity index (χ3v) is 1.76. The van der Waals surface area contributed by atoms with Gasteiger partial charge in [-0.25, -0.2) is 9.97 Å². The number of aromatic nitrogens is 2. The van der Waals surface area contributed by atoms with Crippen LogP contribution in [0.4, 0.5) is 0 Å². The molecular weight excluding hydrogens is 172 g/mol. The van der Waals surface area contributed by atoms with Gasteiger partial charge in [0.05, 0.1) is 0 Å². The fourth-order valence-corrected chi connectivity index (χ4v) is 1.06. The van der Waals surface area contributed by atoms with Crippen molar-refractivity contribution < 1.29 is 0 Å². The molecule has 0 saturated heterocycles. The lowest BCUT2D eigenvalue weighted by molar-refractivity contribution is 1.04. The third-order valence-electron chi connectivity index (χ3n) is 1.76. The number of hydrogen-bond donors (Lipinski definition) is 0. The fourth-order valence-electron chi connectivity index (χ4n) is 1.06. The number of unbranched alkanes of at least 4 members (excludes halogenated alkanes) is 1. The Hall–Kier alpha value is -1.44. The number of nitrogens with zero attached hydrogens (tertiary/aromatic N) is 2. The molecule has 0 unspecified atom stereocenters. The summed E-state index contributed by atoms with van der Waals surface area (Å²) >= 11 is 0. The zero-order chi connectivity index (χ0) is 10.1. The Morgan fingerprint density at radius 2 is 1.79 bits per heavy atom. The summed E-state index contributed by atoms with van der Waals surface area (Å²) in [6, 6.07) is 1.82. The molecule has 1 heterocycles. The van der Waals surface area contributed by atoms with Crippen LogP contribution in [0.2, 0.25) is 0 Å². The van der Waals surface area contributed by atoms with Gasteiger partial charge in [-0.1, -0.05) is 25.2 Å². The van der Waals surface area contributed by atoms with E-state index in [1.54, 1.807) is 12.4 Å². The monoisotopic (exact) mass is 188 g/mol. The maximum Gasteiger partial charge on any atom is 0.151 e. The highest BCUT2D eigenvalue weighted by atomic mass is 14.8. The second kappa shape index (κ2) is 7.01. The van der Waals surface area contributed by atoms with Crippen molar-refractivity contribution >= 4 is 6.08 Å². The standard InChI is InChI=1S/C12H16N2/c1-2-3-4-5-6-7-9-12-13-10-8-11-14-12/h3-4,7-11H,2,5-6H2,1H3. The first-order valence-corrected chi connectivity index (χ1v) is 5.02. The molecule has 0 amide bonds. The fraction of sp³-hybridized carbons (Fsp3) is 0.333. The van der Waals surface area contributed by atoms with Gasteiger partial charge in [-0.15, -0.1) is 0 Å². The Balaban J connectivity index is 2.25. The van der Waals surface area contributed by atoms with E-state index >= 15 is 0 Å². The lowest BCUT2D eigenvalue weighted by atomic mass is 10.2. The lowest BCUT2D eigenvalue weighted by Gasteiger charge is -1.89. The Labute approximate surface area is 85.4 Å². The quantitative estimate of drug-likeness (QED) is 0.523. The molecule has 0 spiro atoms. The highest BCUT2D eigenvalue weighted by Crippen LogP contribution is 1.98. The second-order valence-corrected chi connectivity index (χ2v) is 2.97. The van der Waals surface area contributed by atoms with Gasteiger partial charge in [-0.05, 0) is 31.4 Å². The third kappa shape index (κ3) is 4.55. The molecular formula is C12H16N2. The number of hydrogen-bond acceptors (Lipinski definition) is 2. The van der Waals surface area contributed by atoms with E-state index in [1.165, 1.54) is 0 Å². The molecule has 14 heavy (non-hydrogen) atoms. The van der Waals surface area contributed by atoms with Crippen molar-refractivity contribution in [1.29, 1.82) is 0 Å². The van der Waals surface area contributed by atoms with Crippen LogP contribution in [0.25, 0.3) is 6.08 Å². The molecule has 0 bridgehead atoms. The van der Waals surface area contributed by atoms with Crippen molar-refractivity contribution in [3.05, 3.63) is 42.5 Å². The topological polar surface area (TPSA) is 25.8 Å². The van der Waals surface area contributed by atoms with Crippen LogP contribution in [0.1, 0.15) is 32.0 Å². The summed E-state index contributed by atoms with van der Waals surface area (Å²) in [5, 5.41) is 0. The van der Waals surface area contributed by atoms with Crippen LogP contribution >= 0.6 is 0 Å². The number of rotatable bonds is 5. The molecule has 0 aromatic carbocycles. The summed E-state index contributed by atoms with van der Waals surface area (Å²) < 4.78 is 0. The van der Waals surface area contributed by atoms with Gasteiger partial charge in [0.25, 0.3) is 0 Å². The van der Waals surface area contributed by atoms with Crippen LogP contribution in [-0.2, 0) is 0 Å². The van der Waals surface area contributed by atoms with E-state index < -0.39 is 0 Å². The predicted octanol–water partition coefficient (Wildman–Crippen LogP) is 3.24. The first kappa shape index (κ1) is 10.6. The Bertz CT molecular complexity index is 288. The van der Waals surface area contributed by atoms with Gasteiger partial charge in [-0.2, -0.15) is 0 Å². The molecule has 0 aliphatic rings. The van der Waals surface area contributed by atoms with Crippen molar-refractivity contribution in [2.75, 3.05) is 0 Å². The predicted molar refractivity (Wildman–Crippen MR) is 59.7 cm³/mol. The van der Waals surface area contributed by atoms with Crippen LogP contribution in [0.15, 0.2) is 36.7 Å². The van der Waals surface area contributed by atoms with Crippen LogP contribution in [0.3, 0.4) is 0 Å². The molecule has 0 fully saturated rings. The molecule has 0 radical (unpaired) electrons. The molecule has 1 aromatic heterocycles. The van der Waals surface area contributed by atoms with Gasteiger partial charge < -0.3 is 0 Å². The Morgan fingerprint density at radius 3 is 2.50 bits per heavy atom. The highest BCUT2D eigenvalue weighted by Gasteiger charge is 1.84. The summed E-state index contributed by atoms with van der Waals surface area (Å²) in [6.45, 7) is 2.14. The summed E-state index contributed by atoms with van der Waals surface area (Å²) in [5.74, 6) is 0.784. The second-order valence-electron chi connectivity index (χ2n) is 2.97. The van der Waals surface area contributed by atoms with Gasteiger partial charge in [-0.3, -0.25) is 0 Å². The van der Waals surface area contributed by atoms with E-state index in [0.29, 0.717) is 0 Å². The molecule has 1 aromatic rings. The minimum Gasteiger partial charge on any atom is -0.237 e. The maximum atomic E-state index is 4.10. The van der Waals surface area contributed by atoms with Gasteiger partial charge in [0.15, 0.2) is 5.82 Å². The molecule has 0 atom stereocenters. The van der Waals surface area contributed by atoms with E-state index in [4.69, 9.17) is 0 Å². The minimum absolute atomic E-state index is 0.784. The van der Waals surface area contributed by atoms with Gasteiger partial charge in [0, 0.05) is 12.4 Å². The van der Waals surface area contributed by atoms with Crippen LogP contribution in [0, 0.1) is 0 Å². The summed E-state index contributed by atoms with van der Waals surface area (Å²) in [4.78, 5) is 8.19. The molecule has 1 rings (SSSR count). The summed E-state index contributed by atoms with van der Waals surface area (Å²) in [5.41, 5.74) is 0. The van der Waals surface area contributed by atoms with Crippen molar-refractivity contribution in [1.82, 2.24) is 9.97 Å². The molecule has 0 saturated carbocycles. The van der Waals surface area contributed by atoms with Crippen molar-refractivity contribution in [2.45, 2.75) is 26.2 Å². The zero-order valence-electron chi connectivity index (χ0n) is 8.56. The smallest absolute Gasteiger partial charge is 0.151 e. The average Bonchev–Trinajstić information content (AvgIpc) is 2.25. The zero-order valence-corrected chi connectivity index (χ0v) is 8.56. The van der Waals surface area contributed by atoms with Gasteiger partial charge in [0.2, 0.25) is 0 Å². The molecule has 0 aliphatic carbocycles. The average molecular weight is 188 g/mol. The minimum atomic E-state index is 0.784. The van der Waals surface area contributed by atoms with E-state index in [1.807, 2.05) is 12.1 Å². The van der Waals surface area contributed by atoms with Crippen molar-refractivity contribution in [3.8, 4) is 0 Å². The molecule has 2 nitrogen and oxygen atoms in total. The SMILES string of the molecule is CCC=CCCC=Cc1ncccn1. The summed E-state index contributed by atoms with van der Waals surface area (Å²) in [7, 11) is 0. The molecule has 0 N–H and O–H groups in total. The van der Waals surface area contributed by atoms with Gasteiger partial charge in [0.1, 0.15) is 0 Å². The first-order chi connectivity index (χ1) is 6.93. The lowest BCUT2D eigenvalue weighted by Crippen LogP contribution is -1.82. The first-order valence-electron chi connectivity index (χ1n) is 5.02. The summed E-state index contributed by atoms with van der Waals surface area (Å²) in [6.07, 6.45) is 15.2. The van der Waals surface area contributed by atoms with Crippen LogP contribution in [-0.4, -0.2) is 9.97 Å². The van der Waals surface area contributed by atoms with Crippen molar-refractivity contribution in [3.63, 3.8) is 0 Å². The highest BCUT2D eigenvalue weighted by molar-refractivity contribution is 5.38. The Kier molecular flexibility index (Phi) is 5.33. The molecule has 0 aliphatic heterocycles. The van der Waals surface area contributed by atoms with Crippen molar-refractivity contribution in [2.24, 2.45) is 0 Å². The van der Waals surface area contributed by atoms with E-state index in [2.05, 4.69) is 35.1 Å². The van der Waals surface area contributed by atoms with Crippen LogP contribution < -0.4 is 0 Å². The maximum absolute atomic E-state index is 4.10. The largest absolute Gasteiger partial charge is 0.237 e. The Morgan fingerprint density at radius 1 is 1.07 bits per heavy atom. The van der Waals surface area contributed by atoms with E-state index in [-0.39, 0.29) is 0 Å². The molecule has 2 heteroatoms. The number of allylic oxidation sites excluding steroid dienone is 3. The normalized spacial score (nSPS) is 11.5. The molecule has 74 valence electrons. The van der Waals surface area contributed by atoms with E-state index in [9.17, 15) is 0 Å². The van der Waals surface area contributed by atoms with E-state index in [0.717, 1.165) is 25.1 Å². The van der Waals surface area contributed by atoms with Crippen LogP contribution in [0.5, 0.6) is 0 Å².